The highest BCUT2D eigenvalue weighted by molar-refractivity contribution is 6.27. The molecule has 0 saturated heterocycles. The number of para-hydroxylation sites is 2. The first kappa shape index (κ1) is 17.0. The van der Waals surface area contributed by atoms with E-state index in [0.717, 1.165) is 0 Å². The zero-order chi connectivity index (χ0) is 22.0. The highest BCUT2D eigenvalue weighted by atomic mass is 15.0. The van der Waals surface area contributed by atoms with Crippen molar-refractivity contribution < 1.29 is 0 Å². The van der Waals surface area contributed by atoms with E-state index < -0.39 is 0 Å². The van der Waals surface area contributed by atoms with E-state index in [2.05, 4.69) is 118 Å². The van der Waals surface area contributed by atoms with Crippen molar-refractivity contribution in [1.29, 1.82) is 0 Å². The molecule has 0 aliphatic carbocycles. The summed E-state index contributed by atoms with van der Waals surface area (Å²) in [5.41, 5.74) is 7.70. The Morgan fingerprint density at radius 1 is 0.294 bits per heavy atom. The Hall–Kier alpha value is -4.56. The molecule has 0 amide bonds. The number of nitrogens with zero attached hydrogens (tertiary/aromatic N) is 2. The van der Waals surface area contributed by atoms with Crippen LogP contribution in [0.1, 0.15) is 0 Å². The van der Waals surface area contributed by atoms with Crippen molar-refractivity contribution >= 4 is 76.2 Å². The lowest BCUT2D eigenvalue weighted by molar-refractivity contribution is 1.26. The van der Waals surface area contributed by atoms with Crippen LogP contribution in [-0.4, -0.2) is 8.80 Å². The molecule has 34 heavy (non-hydrogen) atoms. The van der Waals surface area contributed by atoms with Gasteiger partial charge in [0.15, 0.2) is 0 Å². The molecular formula is C32H18N2. The Morgan fingerprint density at radius 2 is 0.706 bits per heavy atom. The SMILES string of the molecule is c1ccc2c(c1)ccc1c3cccc4c3n(c3cccc5c6ccc7ccccc7c6n4c53)c21. The molecule has 0 aliphatic rings. The summed E-state index contributed by atoms with van der Waals surface area (Å²) in [5.74, 6) is 0. The van der Waals surface area contributed by atoms with Gasteiger partial charge in [-0.3, -0.25) is 0 Å². The Morgan fingerprint density at radius 3 is 1.21 bits per heavy atom. The number of aromatic nitrogens is 2. The first-order valence-electron chi connectivity index (χ1n) is 11.8. The first-order valence-corrected chi connectivity index (χ1v) is 11.8. The van der Waals surface area contributed by atoms with Crippen LogP contribution >= 0.6 is 0 Å². The van der Waals surface area contributed by atoms with Crippen molar-refractivity contribution in [2.75, 3.05) is 0 Å². The molecule has 3 aromatic heterocycles. The van der Waals surface area contributed by atoms with E-state index in [9.17, 15) is 0 Å². The molecule has 0 unspecified atom stereocenters. The Kier molecular flexibility index (Phi) is 2.83. The Balaban J connectivity index is 1.73. The van der Waals surface area contributed by atoms with Gasteiger partial charge >= 0.3 is 0 Å². The second-order valence-electron chi connectivity index (χ2n) is 9.38. The maximum absolute atomic E-state index is 2.52. The van der Waals surface area contributed by atoms with Crippen molar-refractivity contribution in [3.8, 4) is 0 Å². The summed E-state index contributed by atoms with van der Waals surface area (Å²) in [5, 5.41) is 10.4. The third-order valence-corrected chi connectivity index (χ3v) is 7.79. The monoisotopic (exact) mass is 430 g/mol. The molecule has 156 valence electrons. The molecule has 2 heteroatoms. The molecule has 0 spiro atoms. The lowest BCUT2D eigenvalue weighted by Crippen LogP contribution is -1.97. The number of rotatable bonds is 0. The third-order valence-electron chi connectivity index (χ3n) is 7.79. The maximum Gasteiger partial charge on any atom is 0.0783 e. The lowest BCUT2D eigenvalue weighted by Gasteiger charge is -2.12. The van der Waals surface area contributed by atoms with Gasteiger partial charge in [0.05, 0.1) is 33.1 Å². The van der Waals surface area contributed by atoms with Gasteiger partial charge < -0.3 is 8.80 Å². The van der Waals surface area contributed by atoms with Gasteiger partial charge in [-0.15, -0.1) is 0 Å². The second-order valence-corrected chi connectivity index (χ2v) is 9.38. The van der Waals surface area contributed by atoms with E-state index in [0.29, 0.717) is 0 Å². The summed E-state index contributed by atoms with van der Waals surface area (Å²) in [6, 6.07) is 40.2. The fourth-order valence-electron chi connectivity index (χ4n) is 6.46. The number of hydrogen-bond donors (Lipinski definition) is 0. The van der Waals surface area contributed by atoms with Gasteiger partial charge in [-0.25, -0.2) is 0 Å². The van der Waals surface area contributed by atoms with E-state index in [1.54, 1.807) is 0 Å². The summed E-state index contributed by atoms with van der Waals surface area (Å²) in [7, 11) is 0. The van der Waals surface area contributed by atoms with Crippen LogP contribution in [0.25, 0.3) is 76.2 Å². The normalized spacial score (nSPS) is 12.7. The van der Waals surface area contributed by atoms with Crippen molar-refractivity contribution in [3.05, 3.63) is 109 Å². The first-order chi connectivity index (χ1) is 16.9. The zero-order valence-electron chi connectivity index (χ0n) is 18.3. The molecule has 9 rings (SSSR count). The van der Waals surface area contributed by atoms with E-state index in [1.165, 1.54) is 76.2 Å². The molecular weight excluding hydrogens is 412 g/mol. The molecule has 0 N–H and O–H groups in total. The van der Waals surface area contributed by atoms with E-state index >= 15 is 0 Å². The number of benzene rings is 6. The van der Waals surface area contributed by atoms with E-state index in [1.807, 2.05) is 0 Å². The largest absolute Gasteiger partial charge is 0.304 e. The summed E-state index contributed by atoms with van der Waals surface area (Å²) >= 11 is 0. The fraction of sp³-hybridized carbons (Fsp3) is 0. The molecule has 0 atom stereocenters. The van der Waals surface area contributed by atoms with Crippen LogP contribution in [0.2, 0.25) is 0 Å². The van der Waals surface area contributed by atoms with Crippen molar-refractivity contribution in [1.82, 2.24) is 8.80 Å². The molecule has 3 heterocycles. The molecule has 0 fully saturated rings. The average molecular weight is 431 g/mol. The van der Waals surface area contributed by atoms with Crippen LogP contribution in [0.4, 0.5) is 0 Å². The lowest BCUT2D eigenvalue weighted by atomic mass is 10.1. The quantitative estimate of drug-likeness (QED) is 0.213. The maximum atomic E-state index is 2.52. The molecule has 0 radical (unpaired) electrons. The van der Waals surface area contributed by atoms with Crippen LogP contribution in [0, 0.1) is 0 Å². The van der Waals surface area contributed by atoms with Gasteiger partial charge in [-0.2, -0.15) is 0 Å². The van der Waals surface area contributed by atoms with Gasteiger partial charge in [0.25, 0.3) is 0 Å². The topological polar surface area (TPSA) is 8.82 Å². The third kappa shape index (κ3) is 1.79. The highest BCUT2D eigenvalue weighted by Crippen LogP contribution is 2.43. The Labute approximate surface area is 194 Å². The molecule has 0 bridgehead atoms. The standard InChI is InChI=1S/C32H18N2/c1-3-9-21-19(7-1)15-17-25-23-11-5-14-28-31(23)33(29(21)25)27-13-6-12-24-26-18-16-20-8-2-4-10-22(20)30(26)34(28)32(24)27/h1-18H. The van der Waals surface area contributed by atoms with E-state index in [-0.39, 0.29) is 0 Å². The summed E-state index contributed by atoms with van der Waals surface area (Å²) in [6.07, 6.45) is 0. The van der Waals surface area contributed by atoms with Gasteiger partial charge in [-0.05, 0) is 22.9 Å². The molecule has 0 aliphatic heterocycles. The van der Waals surface area contributed by atoms with Crippen LogP contribution in [0.15, 0.2) is 109 Å². The minimum atomic E-state index is 1.26. The highest BCUT2D eigenvalue weighted by Gasteiger charge is 2.22. The van der Waals surface area contributed by atoms with Crippen molar-refractivity contribution in [3.63, 3.8) is 0 Å². The second kappa shape index (κ2) is 5.67. The summed E-state index contributed by atoms with van der Waals surface area (Å²) in [6.45, 7) is 0. The molecule has 9 aromatic rings. The average Bonchev–Trinajstić information content (AvgIpc) is 3.43. The minimum Gasteiger partial charge on any atom is -0.304 e. The van der Waals surface area contributed by atoms with Gasteiger partial charge in [-0.1, -0.05) is 97.1 Å². The van der Waals surface area contributed by atoms with Crippen LogP contribution in [-0.2, 0) is 0 Å². The van der Waals surface area contributed by atoms with Gasteiger partial charge in [0.1, 0.15) is 0 Å². The Bertz CT molecular complexity index is 2110. The fourth-order valence-corrected chi connectivity index (χ4v) is 6.46. The van der Waals surface area contributed by atoms with Crippen LogP contribution in [0.3, 0.4) is 0 Å². The zero-order valence-corrected chi connectivity index (χ0v) is 18.3. The predicted octanol–water partition coefficient (Wildman–Crippen LogP) is 8.55. The van der Waals surface area contributed by atoms with Gasteiger partial charge in [0.2, 0.25) is 0 Å². The summed E-state index contributed by atoms with van der Waals surface area (Å²) in [4.78, 5) is 0. The molecule has 2 nitrogen and oxygen atoms in total. The summed E-state index contributed by atoms with van der Waals surface area (Å²) < 4.78 is 5.04. The predicted molar refractivity (Wildman–Crippen MR) is 145 cm³/mol. The van der Waals surface area contributed by atoms with Gasteiger partial charge in [0, 0.05) is 32.3 Å². The number of hydrogen-bond acceptors (Lipinski definition) is 0. The molecule has 6 aromatic carbocycles. The molecule has 0 saturated carbocycles. The van der Waals surface area contributed by atoms with Crippen LogP contribution < -0.4 is 0 Å². The van der Waals surface area contributed by atoms with Crippen molar-refractivity contribution in [2.45, 2.75) is 0 Å². The number of fused-ring (bicyclic) bond motifs is 12. The van der Waals surface area contributed by atoms with Crippen LogP contribution in [0.5, 0.6) is 0 Å². The van der Waals surface area contributed by atoms with E-state index in [4.69, 9.17) is 0 Å². The minimum absolute atomic E-state index is 1.26. The smallest absolute Gasteiger partial charge is 0.0783 e. The van der Waals surface area contributed by atoms with Crippen molar-refractivity contribution in [2.24, 2.45) is 0 Å².